The van der Waals surface area contributed by atoms with Crippen LogP contribution in [0.25, 0.3) is 22.0 Å². The molecule has 0 aliphatic carbocycles. The van der Waals surface area contributed by atoms with Crippen LogP contribution in [0.3, 0.4) is 0 Å². The van der Waals surface area contributed by atoms with Crippen LogP contribution in [-0.4, -0.2) is 37.0 Å². The Labute approximate surface area is 178 Å². The summed E-state index contributed by atoms with van der Waals surface area (Å²) in [6.07, 6.45) is -2.28. The molecule has 0 saturated heterocycles. The van der Waals surface area contributed by atoms with E-state index in [0.29, 0.717) is 22.5 Å². The van der Waals surface area contributed by atoms with Gasteiger partial charge in [-0.1, -0.05) is 6.07 Å². The molecule has 0 saturated carbocycles. The summed E-state index contributed by atoms with van der Waals surface area (Å²) >= 11 is 0. The summed E-state index contributed by atoms with van der Waals surface area (Å²) in [5.74, 6) is -0.269. The van der Waals surface area contributed by atoms with Crippen LogP contribution < -0.4 is 5.32 Å². The lowest BCUT2D eigenvalue weighted by molar-refractivity contribution is -0.137. The van der Waals surface area contributed by atoms with Gasteiger partial charge in [-0.2, -0.15) is 18.3 Å². The van der Waals surface area contributed by atoms with Crippen LogP contribution in [0.2, 0.25) is 0 Å². The van der Waals surface area contributed by atoms with Crippen LogP contribution in [0, 0.1) is 5.82 Å². The van der Waals surface area contributed by atoms with Gasteiger partial charge in [-0.25, -0.2) is 9.37 Å². The molecule has 3 heterocycles. The van der Waals surface area contributed by atoms with E-state index in [4.69, 9.17) is 5.11 Å². The molecule has 3 N–H and O–H groups in total. The number of aliphatic hydroxyl groups is 2. The highest BCUT2D eigenvalue weighted by Crippen LogP contribution is 2.31. The van der Waals surface area contributed by atoms with Gasteiger partial charge in [-0.05, 0) is 30.3 Å². The lowest BCUT2D eigenvalue weighted by Gasteiger charge is -2.11. The number of rotatable bonds is 5. The number of anilines is 2. The minimum Gasteiger partial charge on any atom is -0.393 e. The zero-order valence-corrected chi connectivity index (χ0v) is 16.2. The highest BCUT2D eigenvalue weighted by molar-refractivity contribution is 5.94. The van der Waals surface area contributed by atoms with Crippen molar-refractivity contribution in [2.75, 3.05) is 11.9 Å². The van der Waals surface area contributed by atoms with E-state index in [1.165, 1.54) is 18.5 Å². The van der Waals surface area contributed by atoms with E-state index < -0.39 is 30.3 Å². The van der Waals surface area contributed by atoms with Crippen LogP contribution in [-0.2, 0) is 6.18 Å². The monoisotopic (exact) mass is 445 g/mol. The van der Waals surface area contributed by atoms with Crippen molar-refractivity contribution in [3.05, 3.63) is 71.9 Å². The molecule has 0 aliphatic rings. The van der Waals surface area contributed by atoms with E-state index in [0.717, 1.165) is 12.1 Å². The average Bonchev–Trinajstić information content (AvgIpc) is 2.78. The van der Waals surface area contributed by atoms with Crippen LogP contribution in [0.15, 0.2) is 55.0 Å². The van der Waals surface area contributed by atoms with Crippen LogP contribution >= 0.6 is 0 Å². The van der Waals surface area contributed by atoms with E-state index in [9.17, 15) is 22.7 Å². The number of alkyl halides is 3. The van der Waals surface area contributed by atoms with Gasteiger partial charge in [0, 0.05) is 34.3 Å². The van der Waals surface area contributed by atoms with Crippen molar-refractivity contribution in [3.63, 3.8) is 0 Å². The first kappa shape index (κ1) is 21.5. The van der Waals surface area contributed by atoms with Gasteiger partial charge in [0.2, 0.25) is 0 Å². The molecule has 3 aromatic heterocycles. The topological polar surface area (TPSA) is 104 Å². The number of hydrogen-bond acceptors (Lipinski definition) is 7. The molecule has 0 spiro atoms. The minimum absolute atomic E-state index is 0.0384. The Bertz CT molecular complexity index is 1270. The summed E-state index contributed by atoms with van der Waals surface area (Å²) < 4.78 is 52.6. The van der Waals surface area contributed by atoms with Gasteiger partial charge in [-0.15, -0.1) is 5.10 Å². The second kappa shape index (κ2) is 8.44. The van der Waals surface area contributed by atoms with Gasteiger partial charge in [0.25, 0.3) is 0 Å². The van der Waals surface area contributed by atoms with Gasteiger partial charge >= 0.3 is 6.18 Å². The molecule has 0 bridgehead atoms. The maximum absolute atomic E-state index is 14.5. The highest BCUT2D eigenvalue weighted by atomic mass is 19.4. The second-order valence-corrected chi connectivity index (χ2v) is 6.85. The van der Waals surface area contributed by atoms with E-state index in [1.807, 2.05) is 0 Å². The summed E-state index contributed by atoms with van der Waals surface area (Å²) in [6.45, 7) is -0.557. The number of benzene rings is 1. The second-order valence-electron chi connectivity index (χ2n) is 6.85. The standard InChI is InChI=1S/C21H15F4N5O2/c22-16-6-13(17(32)10-31)7-27-19(16)11-1-3-15-12(5-11)8-28-30-20(15)29-18-4-2-14(9-26-18)21(23,24)25/h1-9,17,31-32H,10H2,(H,26,29,30)/t17-/m1/s1. The quantitative estimate of drug-likeness (QED) is 0.399. The number of nitrogens with zero attached hydrogens (tertiary/aromatic N) is 4. The number of halogens is 4. The zero-order valence-electron chi connectivity index (χ0n) is 16.2. The molecule has 0 unspecified atom stereocenters. The van der Waals surface area contributed by atoms with Crippen molar-refractivity contribution >= 4 is 22.4 Å². The zero-order chi connectivity index (χ0) is 22.9. The normalized spacial score (nSPS) is 12.7. The SMILES string of the molecule is OC[C@@H](O)c1cnc(-c2ccc3c(Nc4ccc(C(F)(F)F)cn4)nncc3c2)c(F)c1. The fourth-order valence-corrected chi connectivity index (χ4v) is 3.04. The molecule has 1 aromatic carbocycles. The van der Waals surface area contributed by atoms with Crippen molar-refractivity contribution in [2.24, 2.45) is 0 Å². The third-order valence-electron chi connectivity index (χ3n) is 4.69. The molecule has 0 amide bonds. The van der Waals surface area contributed by atoms with Gasteiger partial charge in [0.05, 0.1) is 18.4 Å². The Morgan fingerprint density at radius 1 is 1.00 bits per heavy atom. The molecule has 32 heavy (non-hydrogen) atoms. The maximum atomic E-state index is 14.5. The van der Waals surface area contributed by atoms with E-state index >= 15 is 0 Å². The summed E-state index contributed by atoms with van der Waals surface area (Å²) in [7, 11) is 0. The molecule has 7 nitrogen and oxygen atoms in total. The van der Waals surface area contributed by atoms with Gasteiger partial charge in [-0.3, -0.25) is 4.98 Å². The van der Waals surface area contributed by atoms with Gasteiger partial charge < -0.3 is 15.5 Å². The predicted molar refractivity (Wildman–Crippen MR) is 107 cm³/mol. The molecule has 1 atom stereocenters. The summed E-state index contributed by atoms with van der Waals surface area (Å²) in [4.78, 5) is 7.80. The number of pyridine rings is 2. The van der Waals surface area contributed by atoms with Gasteiger partial charge in [0.1, 0.15) is 23.4 Å². The summed E-state index contributed by atoms with van der Waals surface area (Å²) in [6, 6.07) is 8.05. The molecule has 0 fully saturated rings. The molecular formula is C21H15F4N5O2. The molecule has 164 valence electrons. The highest BCUT2D eigenvalue weighted by Gasteiger charge is 2.30. The first-order chi connectivity index (χ1) is 15.3. The van der Waals surface area contributed by atoms with E-state index in [2.05, 4.69) is 25.5 Å². The third kappa shape index (κ3) is 4.34. The van der Waals surface area contributed by atoms with E-state index in [-0.39, 0.29) is 22.9 Å². The van der Waals surface area contributed by atoms with Gasteiger partial charge in [0.15, 0.2) is 5.82 Å². The number of nitrogens with one attached hydrogen (secondary N) is 1. The Morgan fingerprint density at radius 2 is 1.81 bits per heavy atom. The van der Waals surface area contributed by atoms with Crippen molar-refractivity contribution in [2.45, 2.75) is 12.3 Å². The maximum Gasteiger partial charge on any atom is 0.417 e. The first-order valence-electron chi connectivity index (χ1n) is 9.26. The largest absolute Gasteiger partial charge is 0.417 e. The minimum atomic E-state index is -4.49. The van der Waals surface area contributed by atoms with Crippen LogP contribution in [0.4, 0.5) is 29.2 Å². The Kier molecular flexibility index (Phi) is 5.68. The molecule has 11 heteroatoms. The van der Waals surface area contributed by atoms with Crippen LogP contribution in [0.1, 0.15) is 17.2 Å². The number of aromatic nitrogens is 4. The Morgan fingerprint density at radius 3 is 2.47 bits per heavy atom. The fraction of sp³-hybridized carbons (Fsp3) is 0.143. The van der Waals surface area contributed by atoms with Crippen molar-refractivity contribution < 1.29 is 27.8 Å². The molecular weight excluding hydrogens is 430 g/mol. The van der Waals surface area contributed by atoms with Crippen molar-refractivity contribution in [1.29, 1.82) is 0 Å². The number of fused-ring (bicyclic) bond motifs is 1. The lowest BCUT2D eigenvalue weighted by atomic mass is 10.0. The van der Waals surface area contributed by atoms with E-state index in [1.54, 1.807) is 18.2 Å². The fourth-order valence-electron chi connectivity index (χ4n) is 3.04. The number of hydrogen-bond donors (Lipinski definition) is 3. The van der Waals surface area contributed by atoms with Crippen molar-refractivity contribution in [1.82, 2.24) is 20.2 Å². The molecule has 4 rings (SSSR count). The molecule has 0 aliphatic heterocycles. The number of aliphatic hydroxyl groups excluding tert-OH is 2. The first-order valence-corrected chi connectivity index (χ1v) is 9.26. The molecule has 4 aromatic rings. The third-order valence-corrected chi connectivity index (χ3v) is 4.69. The Balaban J connectivity index is 1.64. The lowest BCUT2D eigenvalue weighted by Crippen LogP contribution is -2.06. The van der Waals surface area contributed by atoms with Crippen molar-refractivity contribution in [3.8, 4) is 11.3 Å². The van der Waals surface area contributed by atoms with Crippen LogP contribution in [0.5, 0.6) is 0 Å². The molecule has 0 radical (unpaired) electrons. The Hall–Kier alpha value is -3.70. The smallest absolute Gasteiger partial charge is 0.393 e. The summed E-state index contributed by atoms with van der Waals surface area (Å²) in [5.41, 5.74) is -0.247. The summed E-state index contributed by atoms with van der Waals surface area (Å²) in [5, 5.41) is 30.4. The predicted octanol–water partition coefficient (Wildman–Crippen LogP) is 4.01. The average molecular weight is 445 g/mol.